The number of thiol groups is 1. The molecule has 0 aliphatic heterocycles. The summed E-state index contributed by atoms with van der Waals surface area (Å²) in [6.45, 7) is 9.25. The van der Waals surface area contributed by atoms with Gasteiger partial charge in [-0.25, -0.2) is 4.79 Å². The van der Waals surface area contributed by atoms with E-state index in [1.54, 1.807) is 45.0 Å². The van der Waals surface area contributed by atoms with Crippen molar-refractivity contribution >= 4 is 30.5 Å². The fraction of sp³-hybridized carbons (Fsp3) is 0.321. The van der Waals surface area contributed by atoms with Gasteiger partial charge in [0.25, 0.3) is 0 Å². The summed E-state index contributed by atoms with van der Waals surface area (Å²) in [7, 11) is 0. The molecular weight excluding hydrogens is 474 g/mol. The van der Waals surface area contributed by atoms with E-state index in [-0.39, 0.29) is 18.8 Å². The molecule has 0 radical (unpaired) electrons. The van der Waals surface area contributed by atoms with E-state index in [9.17, 15) is 14.4 Å². The van der Waals surface area contributed by atoms with E-state index in [0.29, 0.717) is 11.1 Å². The Kier molecular flexibility index (Phi) is 10.6. The molecule has 0 aromatic heterocycles. The standard InChI is InChI=1S/C28H33N3O4S/c1-6-17-31(26(33)23(19-36)30-27(34)35-28(3,4)5)24(22-15-13-20(7-2)14-16-22)25(32)29-18-21-11-9-8-10-12-21/h2,6,8-16,23-24,36H,1,17-19H2,3-5H3,(H,29,32)(H,30,34). The minimum atomic E-state index is -1.03. The molecule has 2 unspecified atom stereocenters. The van der Waals surface area contributed by atoms with E-state index in [1.807, 2.05) is 30.3 Å². The molecule has 190 valence electrons. The molecule has 0 aliphatic carbocycles. The van der Waals surface area contributed by atoms with E-state index < -0.39 is 35.6 Å². The number of terminal acetylenes is 1. The monoisotopic (exact) mass is 507 g/mol. The molecule has 3 amide bonds. The van der Waals surface area contributed by atoms with Crippen LogP contribution < -0.4 is 10.6 Å². The molecular formula is C28H33N3O4S. The molecule has 0 saturated carbocycles. The second kappa shape index (κ2) is 13.4. The summed E-state index contributed by atoms with van der Waals surface area (Å²) in [5, 5.41) is 5.47. The highest BCUT2D eigenvalue weighted by Crippen LogP contribution is 2.24. The molecule has 2 aromatic carbocycles. The maximum atomic E-state index is 13.6. The number of carbonyl (C=O) groups excluding carboxylic acids is 3. The van der Waals surface area contributed by atoms with Crippen LogP contribution in [0.25, 0.3) is 0 Å². The average molecular weight is 508 g/mol. The zero-order chi connectivity index (χ0) is 26.7. The number of hydrogen-bond donors (Lipinski definition) is 3. The Morgan fingerprint density at radius 3 is 2.31 bits per heavy atom. The van der Waals surface area contributed by atoms with Crippen molar-refractivity contribution in [3.63, 3.8) is 0 Å². The molecule has 0 heterocycles. The minimum absolute atomic E-state index is 0.000104. The highest BCUT2D eigenvalue weighted by atomic mass is 32.1. The first-order valence-corrected chi connectivity index (χ1v) is 12.1. The van der Waals surface area contributed by atoms with E-state index in [0.717, 1.165) is 5.56 Å². The number of alkyl carbamates (subject to hydrolysis) is 1. The van der Waals surface area contributed by atoms with Crippen LogP contribution in [0.1, 0.15) is 43.5 Å². The van der Waals surface area contributed by atoms with E-state index >= 15 is 0 Å². The summed E-state index contributed by atoms with van der Waals surface area (Å²) in [5.74, 6) is 1.65. The van der Waals surface area contributed by atoms with Crippen LogP contribution in [0.15, 0.2) is 67.3 Å². The van der Waals surface area contributed by atoms with E-state index in [1.165, 1.54) is 11.0 Å². The van der Waals surface area contributed by atoms with Gasteiger partial charge in [0, 0.05) is 24.4 Å². The van der Waals surface area contributed by atoms with Gasteiger partial charge in [-0.05, 0) is 44.0 Å². The summed E-state index contributed by atoms with van der Waals surface area (Å²) in [4.78, 5) is 40.8. The lowest BCUT2D eigenvalue weighted by atomic mass is 10.0. The van der Waals surface area contributed by atoms with Gasteiger partial charge in [-0.1, -0.05) is 54.5 Å². The van der Waals surface area contributed by atoms with Crippen LogP contribution >= 0.6 is 12.6 Å². The highest BCUT2D eigenvalue weighted by Gasteiger charge is 2.35. The zero-order valence-corrected chi connectivity index (χ0v) is 21.8. The molecule has 0 aliphatic rings. The van der Waals surface area contributed by atoms with Gasteiger partial charge in [0.05, 0.1) is 0 Å². The maximum Gasteiger partial charge on any atom is 0.408 e. The van der Waals surface area contributed by atoms with Gasteiger partial charge in [0.1, 0.15) is 17.7 Å². The Morgan fingerprint density at radius 1 is 1.14 bits per heavy atom. The number of hydrogen-bond acceptors (Lipinski definition) is 5. The number of benzene rings is 2. The highest BCUT2D eigenvalue weighted by molar-refractivity contribution is 7.80. The molecule has 8 heteroatoms. The molecule has 2 rings (SSSR count). The van der Waals surface area contributed by atoms with Gasteiger partial charge < -0.3 is 20.3 Å². The Morgan fingerprint density at radius 2 is 1.78 bits per heavy atom. The average Bonchev–Trinajstić information content (AvgIpc) is 2.85. The van der Waals surface area contributed by atoms with Gasteiger partial charge in [-0.3, -0.25) is 9.59 Å². The fourth-order valence-electron chi connectivity index (χ4n) is 3.41. The molecule has 0 saturated heterocycles. The van der Waals surface area contributed by atoms with Crippen molar-refractivity contribution in [3.05, 3.63) is 83.9 Å². The molecule has 0 bridgehead atoms. The van der Waals surface area contributed by atoms with Crippen LogP contribution in [-0.4, -0.2) is 46.7 Å². The summed E-state index contributed by atoms with van der Waals surface area (Å²) in [5.41, 5.74) is 1.37. The summed E-state index contributed by atoms with van der Waals surface area (Å²) < 4.78 is 5.29. The molecule has 7 nitrogen and oxygen atoms in total. The number of rotatable bonds is 10. The molecule has 2 aromatic rings. The third-order valence-corrected chi connectivity index (χ3v) is 5.41. The first kappa shape index (κ1) is 28.5. The summed E-state index contributed by atoms with van der Waals surface area (Å²) >= 11 is 4.26. The summed E-state index contributed by atoms with van der Waals surface area (Å²) in [6.07, 6.45) is 6.25. The van der Waals surface area contributed by atoms with Gasteiger partial charge in [0.15, 0.2) is 0 Å². The van der Waals surface area contributed by atoms with Crippen molar-refractivity contribution in [2.24, 2.45) is 0 Å². The van der Waals surface area contributed by atoms with Crippen molar-refractivity contribution in [1.29, 1.82) is 0 Å². The SMILES string of the molecule is C#Cc1ccc(C(C(=O)NCc2ccccc2)N(CC=C)C(=O)C(CS)NC(=O)OC(C)(C)C)cc1. The Labute approximate surface area is 218 Å². The van der Waals surface area contributed by atoms with Gasteiger partial charge in [0.2, 0.25) is 11.8 Å². The van der Waals surface area contributed by atoms with Crippen LogP contribution in [0.4, 0.5) is 4.79 Å². The largest absolute Gasteiger partial charge is 0.444 e. The van der Waals surface area contributed by atoms with Crippen LogP contribution in [-0.2, 0) is 20.9 Å². The molecule has 2 N–H and O–H groups in total. The smallest absolute Gasteiger partial charge is 0.408 e. The van der Waals surface area contributed by atoms with Crippen LogP contribution in [0.2, 0.25) is 0 Å². The lowest BCUT2D eigenvalue weighted by Gasteiger charge is -2.33. The summed E-state index contributed by atoms with van der Waals surface area (Å²) in [6, 6.07) is 14.2. The molecule has 36 heavy (non-hydrogen) atoms. The van der Waals surface area contributed by atoms with Gasteiger partial charge in [-0.2, -0.15) is 12.6 Å². The first-order valence-electron chi connectivity index (χ1n) is 11.5. The number of ether oxygens (including phenoxy) is 1. The molecule has 0 fully saturated rings. The van der Waals surface area contributed by atoms with Crippen LogP contribution in [0.5, 0.6) is 0 Å². The predicted octanol–water partition coefficient (Wildman–Crippen LogP) is 3.86. The van der Waals surface area contributed by atoms with Crippen molar-refractivity contribution < 1.29 is 19.1 Å². The number of amides is 3. The first-order chi connectivity index (χ1) is 17.1. The van der Waals surface area contributed by atoms with Gasteiger partial charge >= 0.3 is 6.09 Å². The third-order valence-electron chi connectivity index (χ3n) is 5.04. The molecule has 0 spiro atoms. The quantitative estimate of drug-likeness (QED) is 0.259. The van der Waals surface area contributed by atoms with Crippen molar-refractivity contribution in [1.82, 2.24) is 15.5 Å². The second-order valence-electron chi connectivity index (χ2n) is 9.03. The maximum absolute atomic E-state index is 13.6. The number of nitrogens with zero attached hydrogens (tertiary/aromatic N) is 1. The van der Waals surface area contributed by atoms with Gasteiger partial charge in [-0.15, -0.1) is 13.0 Å². The second-order valence-corrected chi connectivity index (χ2v) is 9.40. The topological polar surface area (TPSA) is 87.7 Å². The predicted molar refractivity (Wildman–Crippen MR) is 144 cm³/mol. The minimum Gasteiger partial charge on any atom is -0.444 e. The Bertz CT molecular complexity index is 1090. The fourth-order valence-corrected chi connectivity index (χ4v) is 3.66. The Hall–Kier alpha value is -3.70. The lowest BCUT2D eigenvalue weighted by molar-refractivity contribution is -0.141. The van der Waals surface area contributed by atoms with Crippen molar-refractivity contribution in [2.45, 2.75) is 45.0 Å². The van der Waals surface area contributed by atoms with Crippen molar-refractivity contribution in [2.75, 3.05) is 12.3 Å². The van der Waals surface area contributed by atoms with E-state index in [2.05, 4.69) is 35.8 Å². The van der Waals surface area contributed by atoms with Crippen molar-refractivity contribution in [3.8, 4) is 12.3 Å². The zero-order valence-electron chi connectivity index (χ0n) is 20.9. The number of carbonyl (C=O) groups is 3. The van der Waals surface area contributed by atoms with Crippen LogP contribution in [0.3, 0.4) is 0 Å². The Balaban J connectivity index is 2.38. The van der Waals surface area contributed by atoms with Crippen LogP contribution in [0, 0.1) is 12.3 Å². The number of nitrogens with one attached hydrogen (secondary N) is 2. The third kappa shape index (κ3) is 8.51. The van der Waals surface area contributed by atoms with E-state index in [4.69, 9.17) is 11.2 Å². The molecule has 2 atom stereocenters. The lowest BCUT2D eigenvalue weighted by Crippen LogP contribution is -2.53. The normalized spacial score (nSPS) is 12.4.